The first kappa shape index (κ1) is 12.8. The van der Waals surface area contributed by atoms with Crippen LogP contribution >= 0.6 is 0 Å². The minimum Gasteiger partial charge on any atom is -0.504 e. The lowest BCUT2D eigenvalue weighted by atomic mass is 10.2. The standard InChI is InChI=1S/C9H14N2O4S/c1-10-5-6-3-7(12)9(13)8(4-6)16(14,15)11-2/h3-4,10-13H,5H2,1-2H3. The van der Waals surface area contributed by atoms with E-state index >= 15 is 0 Å². The third-order valence-electron chi connectivity index (χ3n) is 2.05. The molecule has 0 bridgehead atoms. The van der Waals surface area contributed by atoms with Gasteiger partial charge in [-0.3, -0.25) is 0 Å². The zero-order valence-electron chi connectivity index (χ0n) is 8.98. The van der Waals surface area contributed by atoms with Crippen LogP contribution in [0, 0.1) is 0 Å². The van der Waals surface area contributed by atoms with Crippen molar-refractivity contribution in [3.8, 4) is 11.5 Å². The molecule has 0 atom stereocenters. The van der Waals surface area contributed by atoms with Gasteiger partial charge in [0, 0.05) is 6.54 Å². The van der Waals surface area contributed by atoms with Crippen LogP contribution in [0.15, 0.2) is 17.0 Å². The molecule has 0 unspecified atom stereocenters. The molecule has 0 aliphatic heterocycles. The Labute approximate surface area is 94.0 Å². The smallest absolute Gasteiger partial charge is 0.244 e. The van der Waals surface area contributed by atoms with Crippen LogP contribution in [-0.4, -0.2) is 32.7 Å². The van der Waals surface area contributed by atoms with Gasteiger partial charge in [-0.25, -0.2) is 13.1 Å². The molecule has 1 aromatic rings. The van der Waals surface area contributed by atoms with E-state index in [9.17, 15) is 18.6 Å². The topological polar surface area (TPSA) is 98.7 Å². The summed E-state index contributed by atoms with van der Waals surface area (Å²) in [6, 6.07) is 2.61. The van der Waals surface area contributed by atoms with E-state index in [0.717, 1.165) is 0 Å². The van der Waals surface area contributed by atoms with Crippen LogP contribution in [0.5, 0.6) is 11.5 Å². The predicted octanol–water partition coefficient (Wildman–Crippen LogP) is -0.275. The number of hydrogen-bond donors (Lipinski definition) is 4. The molecule has 0 radical (unpaired) electrons. The van der Waals surface area contributed by atoms with Crippen molar-refractivity contribution in [3.63, 3.8) is 0 Å². The second-order valence-corrected chi connectivity index (χ2v) is 5.05. The Bertz CT molecular complexity index is 485. The molecular formula is C9H14N2O4S. The molecule has 1 rings (SSSR count). The van der Waals surface area contributed by atoms with E-state index in [1.807, 2.05) is 0 Å². The van der Waals surface area contributed by atoms with E-state index in [0.29, 0.717) is 12.1 Å². The maximum atomic E-state index is 11.5. The van der Waals surface area contributed by atoms with Gasteiger partial charge in [-0.1, -0.05) is 0 Å². The Morgan fingerprint density at radius 1 is 1.25 bits per heavy atom. The third kappa shape index (κ3) is 2.43. The molecule has 90 valence electrons. The summed E-state index contributed by atoms with van der Waals surface area (Å²) < 4.78 is 25.1. The molecule has 0 saturated heterocycles. The highest BCUT2D eigenvalue weighted by atomic mass is 32.2. The van der Waals surface area contributed by atoms with Crippen LogP contribution in [0.3, 0.4) is 0 Å². The molecule has 0 aliphatic carbocycles. The van der Waals surface area contributed by atoms with Gasteiger partial charge in [0.2, 0.25) is 10.0 Å². The highest BCUT2D eigenvalue weighted by molar-refractivity contribution is 7.89. The number of sulfonamides is 1. The Hall–Kier alpha value is -1.31. The summed E-state index contributed by atoms with van der Waals surface area (Å²) in [4.78, 5) is -0.333. The predicted molar refractivity (Wildman–Crippen MR) is 58.8 cm³/mol. The summed E-state index contributed by atoms with van der Waals surface area (Å²) in [5.74, 6) is -1.10. The first-order chi connectivity index (χ1) is 7.42. The van der Waals surface area contributed by atoms with E-state index in [1.165, 1.54) is 19.2 Å². The minimum absolute atomic E-state index is 0.333. The Morgan fingerprint density at radius 3 is 2.38 bits per heavy atom. The Morgan fingerprint density at radius 2 is 1.88 bits per heavy atom. The SMILES string of the molecule is CNCc1cc(O)c(O)c(S(=O)(=O)NC)c1. The fraction of sp³-hybridized carbons (Fsp3) is 0.333. The van der Waals surface area contributed by atoms with Crippen molar-refractivity contribution in [2.75, 3.05) is 14.1 Å². The van der Waals surface area contributed by atoms with Crippen LogP contribution < -0.4 is 10.0 Å². The lowest BCUT2D eigenvalue weighted by Crippen LogP contribution is -2.19. The van der Waals surface area contributed by atoms with E-state index in [1.54, 1.807) is 7.05 Å². The van der Waals surface area contributed by atoms with Gasteiger partial charge in [0.25, 0.3) is 0 Å². The third-order valence-corrected chi connectivity index (χ3v) is 3.48. The van der Waals surface area contributed by atoms with E-state index < -0.39 is 21.5 Å². The number of rotatable bonds is 4. The fourth-order valence-electron chi connectivity index (χ4n) is 1.27. The second kappa shape index (κ2) is 4.69. The van der Waals surface area contributed by atoms with Gasteiger partial charge in [-0.15, -0.1) is 0 Å². The summed E-state index contributed by atoms with van der Waals surface area (Å²) in [7, 11) is -0.857. The molecule has 0 amide bonds. The molecule has 0 spiro atoms. The molecule has 0 saturated carbocycles. The van der Waals surface area contributed by atoms with Gasteiger partial charge in [0.05, 0.1) is 0 Å². The number of aromatic hydroxyl groups is 2. The normalized spacial score (nSPS) is 11.6. The van der Waals surface area contributed by atoms with Gasteiger partial charge in [0.1, 0.15) is 4.90 Å². The molecule has 0 heterocycles. The molecule has 0 aromatic heterocycles. The van der Waals surface area contributed by atoms with Gasteiger partial charge < -0.3 is 15.5 Å². The number of phenols is 2. The molecule has 0 fully saturated rings. The summed E-state index contributed by atoms with van der Waals surface area (Å²) in [5.41, 5.74) is 0.562. The quantitative estimate of drug-likeness (QED) is 0.548. The van der Waals surface area contributed by atoms with Gasteiger partial charge in [0.15, 0.2) is 11.5 Å². The lowest BCUT2D eigenvalue weighted by Gasteiger charge is -2.09. The van der Waals surface area contributed by atoms with Crippen molar-refractivity contribution in [2.45, 2.75) is 11.4 Å². The Kier molecular flexibility index (Phi) is 3.74. The zero-order chi connectivity index (χ0) is 12.3. The van der Waals surface area contributed by atoms with Crippen molar-refractivity contribution in [1.29, 1.82) is 0 Å². The van der Waals surface area contributed by atoms with Crippen LogP contribution in [0.1, 0.15) is 5.56 Å². The summed E-state index contributed by atoms with van der Waals surface area (Å²) >= 11 is 0. The van der Waals surface area contributed by atoms with Crippen molar-refractivity contribution >= 4 is 10.0 Å². The van der Waals surface area contributed by atoms with E-state index in [2.05, 4.69) is 10.0 Å². The molecule has 7 heteroatoms. The van der Waals surface area contributed by atoms with E-state index in [4.69, 9.17) is 0 Å². The maximum Gasteiger partial charge on any atom is 0.244 e. The van der Waals surface area contributed by atoms with Crippen molar-refractivity contribution < 1.29 is 18.6 Å². The van der Waals surface area contributed by atoms with Crippen molar-refractivity contribution in [1.82, 2.24) is 10.0 Å². The number of benzene rings is 1. The van der Waals surface area contributed by atoms with Crippen LogP contribution in [0.4, 0.5) is 0 Å². The van der Waals surface area contributed by atoms with Gasteiger partial charge in [-0.05, 0) is 31.8 Å². The average molecular weight is 246 g/mol. The molecule has 16 heavy (non-hydrogen) atoms. The fourth-order valence-corrected chi connectivity index (χ4v) is 2.16. The first-order valence-electron chi connectivity index (χ1n) is 4.55. The van der Waals surface area contributed by atoms with E-state index in [-0.39, 0.29) is 4.90 Å². The number of nitrogens with one attached hydrogen (secondary N) is 2. The van der Waals surface area contributed by atoms with Crippen molar-refractivity contribution in [3.05, 3.63) is 17.7 Å². The minimum atomic E-state index is -3.78. The molecule has 4 N–H and O–H groups in total. The van der Waals surface area contributed by atoms with Gasteiger partial charge >= 0.3 is 0 Å². The van der Waals surface area contributed by atoms with Crippen LogP contribution in [0.2, 0.25) is 0 Å². The molecule has 0 aliphatic rings. The zero-order valence-corrected chi connectivity index (χ0v) is 9.80. The van der Waals surface area contributed by atoms with Crippen molar-refractivity contribution in [2.24, 2.45) is 0 Å². The molecule has 1 aromatic carbocycles. The molecular weight excluding hydrogens is 232 g/mol. The van der Waals surface area contributed by atoms with Crippen LogP contribution in [-0.2, 0) is 16.6 Å². The highest BCUT2D eigenvalue weighted by Gasteiger charge is 2.20. The maximum absolute atomic E-state index is 11.5. The average Bonchev–Trinajstić information content (AvgIpc) is 2.23. The number of hydrogen-bond acceptors (Lipinski definition) is 5. The molecule has 6 nitrogen and oxygen atoms in total. The monoisotopic (exact) mass is 246 g/mol. The van der Waals surface area contributed by atoms with Crippen LogP contribution in [0.25, 0.3) is 0 Å². The van der Waals surface area contributed by atoms with Gasteiger partial charge in [-0.2, -0.15) is 0 Å². The highest BCUT2D eigenvalue weighted by Crippen LogP contribution is 2.33. The largest absolute Gasteiger partial charge is 0.504 e. The lowest BCUT2D eigenvalue weighted by molar-refractivity contribution is 0.392. The summed E-state index contributed by atoms with van der Waals surface area (Å²) in [6.07, 6.45) is 0. The summed E-state index contributed by atoms with van der Waals surface area (Å²) in [5, 5.41) is 21.7. The Balaban J connectivity index is 3.38. The second-order valence-electron chi connectivity index (χ2n) is 3.20. The number of phenolic OH excluding ortho intramolecular Hbond substituents is 2. The summed E-state index contributed by atoms with van der Waals surface area (Å²) in [6.45, 7) is 0.389. The first-order valence-corrected chi connectivity index (χ1v) is 6.03.